The highest BCUT2D eigenvalue weighted by Crippen LogP contribution is 2.76. The topological polar surface area (TPSA) is 164 Å². The van der Waals surface area contributed by atoms with Crippen LogP contribution in [0.5, 0.6) is 0 Å². The fourth-order valence-electron chi connectivity index (χ4n) is 9.37. The molecule has 2 N–H and O–H groups in total. The van der Waals surface area contributed by atoms with E-state index in [2.05, 4.69) is 0 Å². The van der Waals surface area contributed by atoms with Crippen LogP contribution in [0.15, 0.2) is 41.5 Å². The molecule has 0 spiro atoms. The highest BCUT2D eigenvalue weighted by atomic mass is 16.7. The van der Waals surface area contributed by atoms with Crippen LogP contribution in [0.2, 0.25) is 0 Å². The van der Waals surface area contributed by atoms with Gasteiger partial charge < -0.3 is 38.6 Å². The van der Waals surface area contributed by atoms with E-state index in [-0.39, 0.29) is 31.4 Å². The average Bonchev–Trinajstić information content (AvgIpc) is 2.97. The molecule has 10 atom stereocenters. The van der Waals surface area contributed by atoms with Gasteiger partial charge in [-0.25, -0.2) is 9.59 Å². The number of rotatable bonds is 5. The van der Waals surface area contributed by atoms with Crippen LogP contribution in [0.25, 0.3) is 0 Å². The first-order valence-corrected chi connectivity index (χ1v) is 14.7. The van der Waals surface area contributed by atoms with Crippen LogP contribution in [0, 0.1) is 16.7 Å². The van der Waals surface area contributed by atoms with Crippen molar-refractivity contribution in [2.24, 2.45) is 16.7 Å². The minimum Gasteiger partial charge on any atom is -0.453 e. The van der Waals surface area contributed by atoms with Crippen molar-refractivity contribution >= 4 is 23.9 Å². The number of carbonyl (C=O) groups excluding carboxylic acids is 4. The Labute approximate surface area is 254 Å². The molecule has 1 saturated heterocycles. The smallest absolute Gasteiger partial charge is 0.453 e. The van der Waals surface area contributed by atoms with Gasteiger partial charge in [0.05, 0.1) is 36.7 Å². The second-order valence-corrected chi connectivity index (χ2v) is 13.2. The zero-order valence-electron chi connectivity index (χ0n) is 25.6. The maximum absolute atomic E-state index is 15.1. The third kappa shape index (κ3) is 3.59. The molecule has 12 heteroatoms. The van der Waals surface area contributed by atoms with E-state index >= 15 is 4.79 Å². The molecule has 1 heterocycles. The third-order valence-electron chi connectivity index (χ3n) is 11.2. The Bertz CT molecular complexity index is 1460. The van der Waals surface area contributed by atoms with Gasteiger partial charge in [-0.05, 0) is 37.1 Å². The van der Waals surface area contributed by atoms with Gasteiger partial charge in [0, 0.05) is 38.7 Å². The first kappa shape index (κ1) is 30.7. The molecule has 1 aromatic rings. The molecule has 7 rings (SSSR count). The summed E-state index contributed by atoms with van der Waals surface area (Å²) in [5, 5.41) is 24.4. The lowest BCUT2D eigenvalue weighted by Gasteiger charge is -2.78. The van der Waals surface area contributed by atoms with Gasteiger partial charge >= 0.3 is 18.1 Å². The van der Waals surface area contributed by atoms with Crippen molar-refractivity contribution in [3.8, 4) is 0 Å². The van der Waals surface area contributed by atoms with E-state index in [1.165, 1.54) is 14.0 Å². The maximum atomic E-state index is 15.1. The van der Waals surface area contributed by atoms with Crippen molar-refractivity contribution in [2.45, 2.75) is 88.2 Å². The summed E-state index contributed by atoms with van der Waals surface area (Å²) >= 11 is 0. The number of ketones is 1. The molecule has 1 aromatic carbocycles. The number of benzene rings is 1. The van der Waals surface area contributed by atoms with Crippen molar-refractivity contribution in [3.63, 3.8) is 0 Å². The molecular weight excluding hydrogens is 576 g/mol. The molecule has 5 fully saturated rings. The predicted molar refractivity (Wildman–Crippen MR) is 149 cm³/mol. The molecule has 5 aliphatic carbocycles. The summed E-state index contributed by atoms with van der Waals surface area (Å²) in [6.45, 7) is 6.05. The summed E-state index contributed by atoms with van der Waals surface area (Å²) in [4.78, 5) is 54.4. The van der Waals surface area contributed by atoms with Crippen LogP contribution >= 0.6 is 0 Å². The van der Waals surface area contributed by atoms with Crippen molar-refractivity contribution in [2.75, 3.05) is 20.8 Å². The standard InChI is InChI=1S/C32H38O12/c1-16-19(34)13-32(38)28(3)14-31(32,44-25(36)18-10-8-7-9-11-18)26-29(4,24(35)23(39-5)22(16)28)20(42-27(37)40-6)12-21-30(26,15-41-21)43-17(2)33/h7-11,19-21,23,26,34,38H,12-15H2,1-6H3/t19-,20-,21+,23+,26-,28-,29-,30-,31+,32-/m0/s1. The number of hydrogen-bond donors (Lipinski definition) is 2. The molecule has 238 valence electrons. The Morgan fingerprint density at radius 1 is 1.07 bits per heavy atom. The molecule has 6 aliphatic rings. The lowest BCUT2D eigenvalue weighted by Crippen LogP contribution is -2.91. The summed E-state index contributed by atoms with van der Waals surface area (Å²) in [5.74, 6) is -3.32. The van der Waals surface area contributed by atoms with Crippen LogP contribution < -0.4 is 0 Å². The van der Waals surface area contributed by atoms with Gasteiger partial charge in [0.25, 0.3) is 0 Å². The first-order chi connectivity index (χ1) is 20.7. The van der Waals surface area contributed by atoms with Crippen LogP contribution in [0.4, 0.5) is 4.79 Å². The van der Waals surface area contributed by atoms with Gasteiger partial charge in [-0.2, -0.15) is 0 Å². The number of esters is 2. The van der Waals surface area contributed by atoms with Gasteiger partial charge in [0.1, 0.15) is 23.9 Å². The van der Waals surface area contributed by atoms with Gasteiger partial charge in [-0.3, -0.25) is 9.59 Å². The number of hydrogen-bond acceptors (Lipinski definition) is 12. The molecule has 0 amide bonds. The van der Waals surface area contributed by atoms with Crippen molar-refractivity contribution in [1.29, 1.82) is 0 Å². The normalized spacial score (nSPS) is 43.5. The van der Waals surface area contributed by atoms with Crippen molar-refractivity contribution in [3.05, 3.63) is 47.0 Å². The van der Waals surface area contributed by atoms with Crippen molar-refractivity contribution < 1.29 is 57.8 Å². The number of aliphatic hydroxyl groups is 2. The summed E-state index contributed by atoms with van der Waals surface area (Å²) in [6, 6.07) is 8.17. The molecule has 4 bridgehead atoms. The Hall–Kier alpha value is -3.32. The van der Waals surface area contributed by atoms with Crippen molar-refractivity contribution in [1.82, 2.24) is 0 Å². The summed E-state index contributed by atoms with van der Waals surface area (Å²) < 4.78 is 34.9. The largest absolute Gasteiger partial charge is 0.508 e. The van der Waals surface area contributed by atoms with Crippen LogP contribution in [0.3, 0.4) is 0 Å². The minimum atomic E-state index is -1.98. The van der Waals surface area contributed by atoms with Gasteiger partial charge in [-0.1, -0.05) is 25.1 Å². The zero-order valence-corrected chi connectivity index (χ0v) is 25.6. The molecule has 0 radical (unpaired) electrons. The summed E-state index contributed by atoms with van der Waals surface area (Å²) in [7, 11) is 2.48. The highest BCUT2D eigenvalue weighted by molar-refractivity contribution is 5.95. The molecule has 12 nitrogen and oxygen atoms in total. The van der Waals surface area contributed by atoms with E-state index in [9.17, 15) is 24.6 Å². The second kappa shape index (κ2) is 9.84. The molecule has 44 heavy (non-hydrogen) atoms. The number of fused-ring (bicyclic) bond motifs is 2. The number of Topliss-reactive ketones (excluding diaryl/α,β-unsaturated/α-hetero) is 1. The Morgan fingerprint density at radius 3 is 2.32 bits per heavy atom. The summed E-state index contributed by atoms with van der Waals surface area (Å²) in [6.07, 6.45) is -5.99. The quantitative estimate of drug-likeness (QED) is 0.283. The minimum absolute atomic E-state index is 0.0114. The van der Waals surface area contributed by atoms with E-state index in [0.29, 0.717) is 11.1 Å². The Balaban J connectivity index is 1.68. The van der Waals surface area contributed by atoms with Gasteiger partial charge in [-0.15, -0.1) is 0 Å². The predicted octanol–water partition coefficient (Wildman–Crippen LogP) is 2.28. The molecular formula is C32H38O12. The van der Waals surface area contributed by atoms with Crippen LogP contribution in [0.1, 0.15) is 57.3 Å². The highest BCUT2D eigenvalue weighted by Gasteiger charge is 2.89. The lowest BCUT2D eigenvalue weighted by atomic mass is 9.31. The van der Waals surface area contributed by atoms with Gasteiger partial charge in [0.15, 0.2) is 17.0 Å². The fraction of sp³-hybridized carbons (Fsp3) is 0.625. The van der Waals surface area contributed by atoms with E-state index < -0.39 is 81.8 Å². The number of ether oxygens (including phenoxy) is 6. The lowest BCUT2D eigenvalue weighted by molar-refractivity contribution is -0.403. The Kier molecular flexibility index (Phi) is 6.86. The van der Waals surface area contributed by atoms with Gasteiger partial charge in [0.2, 0.25) is 0 Å². The second-order valence-electron chi connectivity index (χ2n) is 13.2. The number of carbonyl (C=O) groups is 4. The Morgan fingerprint density at radius 2 is 1.75 bits per heavy atom. The monoisotopic (exact) mass is 614 g/mol. The number of aliphatic hydroxyl groups excluding tert-OH is 1. The van der Waals surface area contributed by atoms with E-state index in [0.717, 1.165) is 7.11 Å². The summed E-state index contributed by atoms with van der Waals surface area (Å²) in [5.41, 5.74) is -7.44. The molecule has 1 aliphatic heterocycles. The van der Waals surface area contributed by atoms with Crippen LogP contribution in [-0.4, -0.2) is 96.1 Å². The van der Waals surface area contributed by atoms with E-state index in [1.807, 2.05) is 0 Å². The first-order valence-electron chi connectivity index (χ1n) is 14.7. The molecule has 0 aromatic heterocycles. The molecule has 4 saturated carbocycles. The number of methoxy groups -OCH3 is 2. The van der Waals surface area contributed by atoms with E-state index in [1.54, 1.807) is 51.1 Å². The van der Waals surface area contributed by atoms with E-state index in [4.69, 9.17) is 28.4 Å². The zero-order chi connectivity index (χ0) is 32.0. The maximum Gasteiger partial charge on any atom is 0.508 e. The van der Waals surface area contributed by atoms with Crippen LogP contribution in [-0.2, 0) is 38.0 Å². The average molecular weight is 615 g/mol. The molecule has 0 unspecified atom stereocenters. The SMILES string of the molecule is COC(=O)O[C@H]1C[C@H]2OC[C@@]2(OC(C)=O)[C@@H]2[C@]1(C)C(=O)[C@H](OC)C1=C(C)[C@@H](O)C[C@]3(O)[C@@]1(C)C[C@@]23OC(=O)c1ccccc1. The third-order valence-corrected chi connectivity index (χ3v) is 11.2. The fourth-order valence-corrected chi connectivity index (χ4v) is 9.37.